The molecule has 82 valence electrons. The van der Waals surface area contributed by atoms with Gasteiger partial charge in [0.2, 0.25) is 0 Å². The maximum absolute atomic E-state index is 11.5. The molecule has 0 aliphatic carbocycles. The van der Waals surface area contributed by atoms with Crippen LogP contribution in [0.5, 0.6) is 0 Å². The van der Waals surface area contributed by atoms with Crippen molar-refractivity contribution in [3.05, 3.63) is 40.6 Å². The van der Waals surface area contributed by atoms with Crippen molar-refractivity contribution in [3.63, 3.8) is 0 Å². The van der Waals surface area contributed by atoms with E-state index in [2.05, 4.69) is 5.32 Å². The fourth-order valence-corrected chi connectivity index (χ4v) is 1.15. The normalized spacial score (nSPS) is 11.3. The average Bonchev–Trinajstić information content (AvgIpc) is 2.22. The van der Waals surface area contributed by atoms with Crippen LogP contribution in [0.1, 0.15) is 6.92 Å². The van der Waals surface area contributed by atoms with E-state index in [-0.39, 0.29) is 11.3 Å². The first-order valence-electron chi connectivity index (χ1n) is 4.41. The molecule has 1 amide bonds. The number of halogens is 1. The predicted molar refractivity (Wildman–Crippen MR) is 61.0 cm³/mol. The van der Waals surface area contributed by atoms with Crippen molar-refractivity contribution in [1.29, 1.82) is 5.26 Å². The Kier molecular flexibility index (Phi) is 3.92. The van der Waals surface area contributed by atoms with Gasteiger partial charge in [-0.2, -0.15) is 5.26 Å². The number of nitrogens with one attached hydrogen (secondary N) is 1. The van der Waals surface area contributed by atoms with E-state index >= 15 is 0 Å². The van der Waals surface area contributed by atoms with E-state index in [9.17, 15) is 4.79 Å². The summed E-state index contributed by atoms with van der Waals surface area (Å²) in [5.41, 5.74) is 0.193. The van der Waals surface area contributed by atoms with Gasteiger partial charge in [-0.3, -0.25) is 4.79 Å². The monoisotopic (exact) mass is 236 g/mol. The number of carbonyl (C=O) groups is 1. The first kappa shape index (κ1) is 12.1. The van der Waals surface area contributed by atoms with E-state index in [0.29, 0.717) is 10.7 Å². The maximum atomic E-state index is 11.5. The first-order valence-corrected chi connectivity index (χ1v) is 4.79. The van der Waals surface area contributed by atoms with Crippen molar-refractivity contribution in [1.82, 2.24) is 0 Å². The predicted octanol–water partition coefficient (Wildman–Crippen LogP) is 2.63. The number of hydrogen-bond donors (Lipinski definition) is 2. The number of benzene rings is 1. The fourth-order valence-electron chi connectivity index (χ4n) is 1.02. The summed E-state index contributed by atoms with van der Waals surface area (Å²) in [6.07, 6.45) is 0. The smallest absolute Gasteiger partial charge is 0.269 e. The van der Waals surface area contributed by atoms with Gasteiger partial charge >= 0.3 is 0 Å². The summed E-state index contributed by atoms with van der Waals surface area (Å²) in [4.78, 5) is 11.5. The van der Waals surface area contributed by atoms with Gasteiger partial charge in [0.15, 0.2) is 5.57 Å². The van der Waals surface area contributed by atoms with Crippen LogP contribution in [-0.4, -0.2) is 11.0 Å². The quantitative estimate of drug-likeness (QED) is 0.471. The van der Waals surface area contributed by atoms with Crippen LogP contribution in [0.25, 0.3) is 0 Å². The zero-order chi connectivity index (χ0) is 12.1. The minimum Gasteiger partial charge on any atom is -0.511 e. The summed E-state index contributed by atoms with van der Waals surface area (Å²) in [5.74, 6) is -0.959. The third-order valence-corrected chi connectivity index (χ3v) is 2.05. The Balaban J connectivity index is 2.84. The summed E-state index contributed by atoms with van der Waals surface area (Å²) in [7, 11) is 0. The third-order valence-electron chi connectivity index (χ3n) is 1.80. The molecule has 1 aromatic rings. The molecule has 0 aromatic heterocycles. The molecule has 0 saturated carbocycles. The van der Waals surface area contributed by atoms with E-state index in [1.807, 2.05) is 0 Å². The van der Waals surface area contributed by atoms with Crippen LogP contribution >= 0.6 is 11.6 Å². The van der Waals surface area contributed by atoms with Gasteiger partial charge in [0.1, 0.15) is 11.8 Å². The lowest BCUT2D eigenvalue weighted by Gasteiger charge is -2.04. The second-order valence-electron chi connectivity index (χ2n) is 3.03. The molecule has 0 saturated heterocycles. The largest absolute Gasteiger partial charge is 0.511 e. The molecule has 2 N–H and O–H groups in total. The summed E-state index contributed by atoms with van der Waals surface area (Å²) in [5, 5.41) is 20.7. The van der Waals surface area contributed by atoms with Crippen LogP contribution in [0.3, 0.4) is 0 Å². The van der Waals surface area contributed by atoms with Crippen LogP contribution in [-0.2, 0) is 4.79 Å². The highest BCUT2D eigenvalue weighted by Gasteiger charge is 2.12. The minimum absolute atomic E-state index is 0.310. The molecule has 4 nitrogen and oxygen atoms in total. The van der Waals surface area contributed by atoms with Gasteiger partial charge in [0.25, 0.3) is 5.91 Å². The number of amides is 1. The molecule has 1 aromatic carbocycles. The number of anilines is 1. The topological polar surface area (TPSA) is 73.1 Å². The third kappa shape index (κ3) is 3.01. The van der Waals surface area contributed by atoms with Crippen LogP contribution in [0, 0.1) is 11.3 Å². The first-order chi connectivity index (χ1) is 7.54. The summed E-state index contributed by atoms with van der Waals surface area (Å²) in [6, 6.07) is 8.04. The number of nitrogens with zero attached hydrogens (tertiary/aromatic N) is 1. The van der Waals surface area contributed by atoms with Crippen LogP contribution in [0.2, 0.25) is 5.02 Å². The SMILES string of the molecule is C/C(O)=C(/C#N)C(=O)Nc1ccc(Cl)cc1. The lowest BCUT2D eigenvalue weighted by molar-refractivity contribution is -0.112. The molecule has 1 rings (SSSR count). The molecule has 0 spiro atoms. The number of aliphatic hydroxyl groups is 1. The Morgan fingerprint density at radius 1 is 1.44 bits per heavy atom. The summed E-state index contributed by atoms with van der Waals surface area (Å²) in [6.45, 7) is 1.28. The van der Waals surface area contributed by atoms with Gasteiger partial charge in [-0.25, -0.2) is 0 Å². The van der Waals surface area contributed by atoms with Crippen LogP contribution in [0.4, 0.5) is 5.69 Å². The van der Waals surface area contributed by atoms with E-state index in [1.54, 1.807) is 30.3 Å². The lowest BCUT2D eigenvalue weighted by atomic mass is 10.2. The highest BCUT2D eigenvalue weighted by Crippen LogP contribution is 2.14. The molecule has 0 aliphatic heterocycles. The standard InChI is InChI=1S/C11H9ClN2O2/c1-7(15)10(6-13)11(16)14-9-4-2-8(12)3-5-9/h2-5,15H,1H3,(H,14,16)/b10-7+. The van der Waals surface area contributed by atoms with Gasteiger partial charge in [0, 0.05) is 10.7 Å². The molecule has 0 unspecified atom stereocenters. The molecule has 0 atom stereocenters. The Labute approximate surface area is 97.8 Å². The molecule has 0 aliphatic rings. The molecular formula is C11H9ClN2O2. The van der Waals surface area contributed by atoms with E-state index in [4.69, 9.17) is 22.0 Å². The van der Waals surface area contributed by atoms with Crippen LogP contribution < -0.4 is 5.32 Å². The van der Waals surface area contributed by atoms with Crippen molar-refractivity contribution < 1.29 is 9.90 Å². The van der Waals surface area contributed by atoms with Gasteiger partial charge in [-0.05, 0) is 31.2 Å². The van der Waals surface area contributed by atoms with Gasteiger partial charge in [-0.1, -0.05) is 11.6 Å². The molecule has 5 heteroatoms. The molecule has 0 heterocycles. The Morgan fingerprint density at radius 2 is 2.00 bits per heavy atom. The fraction of sp³-hybridized carbons (Fsp3) is 0.0909. The Morgan fingerprint density at radius 3 is 2.44 bits per heavy atom. The van der Waals surface area contributed by atoms with Crippen molar-refractivity contribution in [2.45, 2.75) is 6.92 Å². The minimum atomic E-state index is -0.648. The lowest BCUT2D eigenvalue weighted by Crippen LogP contribution is -2.14. The molecule has 16 heavy (non-hydrogen) atoms. The number of rotatable bonds is 2. The van der Waals surface area contributed by atoms with Gasteiger partial charge in [0.05, 0.1) is 0 Å². The Bertz CT molecular complexity index is 468. The highest BCUT2D eigenvalue weighted by molar-refractivity contribution is 6.30. The van der Waals surface area contributed by atoms with E-state index in [0.717, 1.165) is 0 Å². The maximum Gasteiger partial charge on any atom is 0.269 e. The van der Waals surface area contributed by atoms with Crippen LogP contribution in [0.15, 0.2) is 35.6 Å². The number of carbonyl (C=O) groups excluding carboxylic acids is 1. The zero-order valence-electron chi connectivity index (χ0n) is 8.49. The second-order valence-corrected chi connectivity index (χ2v) is 3.47. The van der Waals surface area contributed by atoms with Crippen molar-refractivity contribution >= 4 is 23.2 Å². The summed E-state index contributed by atoms with van der Waals surface area (Å²) < 4.78 is 0. The van der Waals surface area contributed by atoms with Crippen molar-refractivity contribution in [2.24, 2.45) is 0 Å². The number of nitriles is 1. The van der Waals surface area contributed by atoms with Crippen molar-refractivity contribution in [3.8, 4) is 6.07 Å². The number of aliphatic hydroxyl groups excluding tert-OH is 1. The Hall–Kier alpha value is -1.99. The van der Waals surface area contributed by atoms with Gasteiger partial charge < -0.3 is 10.4 Å². The number of hydrogen-bond acceptors (Lipinski definition) is 3. The molecule has 0 fully saturated rings. The van der Waals surface area contributed by atoms with E-state index in [1.165, 1.54) is 6.92 Å². The second kappa shape index (κ2) is 5.19. The van der Waals surface area contributed by atoms with Crippen molar-refractivity contribution in [2.75, 3.05) is 5.32 Å². The molecular weight excluding hydrogens is 228 g/mol. The zero-order valence-corrected chi connectivity index (χ0v) is 9.25. The average molecular weight is 237 g/mol. The van der Waals surface area contributed by atoms with E-state index < -0.39 is 5.91 Å². The molecule has 0 bridgehead atoms. The summed E-state index contributed by atoms with van der Waals surface area (Å²) >= 11 is 5.67. The van der Waals surface area contributed by atoms with Gasteiger partial charge in [-0.15, -0.1) is 0 Å². The highest BCUT2D eigenvalue weighted by atomic mass is 35.5. The molecule has 0 radical (unpaired) electrons. The number of allylic oxidation sites excluding steroid dienone is 1.